The van der Waals surface area contributed by atoms with E-state index in [1.165, 1.54) is 0 Å². The third-order valence-corrected chi connectivity index (χ3v) is 3.97. The molecule has 1 saturated heterocycles. The van der Waals surface area contributed by atoms with Gasteiger partial charge in [0.25, 0.3) is 0 Å². The van der Waals surface area contributed by atoms with Crippen molar-refractivity contribution in [2.75, 3.05) is 39.6 Å². The van der Waals surface area contributed by atoms with Crippen LogP contribution < -0.4 is 0 Å². The molecule has 1 unspecified atom stereocenters. The predicted molar refractivity (Wildman–Crippen MR) is 66.1 cm³/mol. The monoisotopic (exact) mass is 264 g/mol. The summed E-state index contributed by atoms with van der Waals surface area (Å²) in [6, 6.07) is 0. The average Bonchev–Trinajstić information content (AvgIpc) is 3.12. The van der Waals surface area contributed by atoms with Gasteiger partial charge in [0.05, 0.1) is 13.2 Å². The second-order valence-corrected chi connectivity index (χ2v) is 5.38. The van der Waals surface area contributed by atoms with Crippen molar-refractivity contribution in [3.63, 3.8) is 0 Å². The van der Waals surface area contributed by atoms with E-state index in [4.69, 9.17) is 22.8 Å². The fraction of sp³-hybridized carbons (Fsp3) is 1.00. The fourth-order valence-electron chi connectivity index (χ4n) is 1.28. The van der Waals surface area contributed by atoms with Crippen LogP contribution in [0.15, 0.2) is 0 Å². The molecule has 0 N–H and O–H groups in total. The molecule has 0 saturated carbocycles. The van der Waals surface area contributed by atoms with Crippen LogP contribution in [-0.4, -0.2) is 55.3 Å². The van der Waals surface area contributed by atoms with Crippen molar-refractivity contribution in [1.82, 2.24) is 0 Å². The molecule has 5 nitrogen and oxygen atoms in total. The summed E-state index contributed by atoms with van der Waals surface area (Å²) < 4.78 is 26.8. The van der Waals surface area contributed by atoms with E-state index in [9.17, 15) is 0 Å². The number of hydrogen-bond acceptors (Lipinski definition) is 5. The topological polar surface area (TPSA) is 49.5 Å². The van der Waals surface area contributed by atoms with Crippen molar-refractivity contribution in [3.05, 3.63) is 0 Å². The third kappa shape index (κ3) is 8.70. The van der Waals surface area contributed by atoms with Crippen LogP contribution in [-0.2, 0) is 22.8 Å². The molecule has 1 aliphatic rings. The van der Waals surface area contributed by atoms with Crippen LogP contribution in [0.4, 0.5) is 0 Å². The number of rotatable bonds is 12. The Morgan fingerprint density at radius 2 is 1.71 bits per heavy atom. The Labute approximate surface area is 105 Å². The highest BCUT2D eigenvalue weighted by atomic mass is 28.3. The maximum atomic E-state index is 5.58. The molecule has 17 heavy (non-hydrogen) atoms. The SMILES string of the molecule is CCO[SiH](OCC)OCCCCOCC1CO1. The highest BCUT2D eigenvalue weighted by Crippen LogP contribution is 2.08. The minimum Gasteiger partial charge on any atom is -0.379 e. The van der Waals surface area contributed by atoms with Crippen LogP contribution in [0.2, 0.25) is 0 Å². The van der Waals surface area contributed by atoms with Gasteiger partial charge < -0.3 is 22.8 Å². The Kier molecular flexibility index (Phi) is 8.86. The second kappa shape index (κ2) is 9.99. The Hall–Kier alpha value is 0.0169. The molecule has 0 bridgehead atoms. The van der Waals surface area contributed by atoms with Crippen LogP contribution in [0.3, 0.4) is 0 Å². The average molecular weight is 264 g/mol. The molecular weight excluding hydrogens is 240 g/mol. The smallest absolute Gasteiger partial charge is 0.379 e. The maximum Gasteiger partial charge on any atom is 0.484 e. The zero-order valence-electron chi connectivity index (χ0n) is 10.9. The molecule has 0 aliphatic carbocycles. The van der Waals surface area contributed by atoms with E-state index in [1.807, 2.05) is 13.8 Å². The first kappa shape index (κ1) is 15.1. The van der Waals surface area contributed by atoms with Crippen molar-refractivity contribution in [2.45, 2.75) is 32.8 Å². The minimum absolute atomic E-state index is 0.360. The lowest BCUT2D eigenvalue weighted by Crippen LogP contribution is -2.27. The Morgan fingerprint density at radius 3 is 2.29 bits per heavy atom. The van der Waals surface area contributed by atoms with E-state index < -0.39 is 9.53 Å². The Bertz CT molecular complexity index is 171. The van der Waals surface area contributed by atoms with Crippen molar-refractivity contribution >= 4 is 9.53 Å². The standard InChI is InChI=1S/C11H24O5Si/c1-3-14-17(15-4-2)16-8-6-5-7-12-9-11-10-13-11/h11,17H,3-10H2,1-2H3. The van der Waals surface area contributed by atoms with E-state index in [2.05, 4.69) is 0 Å². The molecule has 1 heterocycles. The molecule has 1 rings (SSSR count). The third-order valence-electron chi connectivity index (χ3n) is 2.25. The van der Waals surface area contributed by atoms with Crippen LogP contribution >= 0.6 is 0 Å². The van der Waals surface area contributed by atoms with Crippen molar-refractivity contribution < 1.29 is 22.8 Å². The molecule has 1 fully saturated rings. The van der Waals surface area contributed by atoms with E-state index in [0.29, 0.717) is 25.9 Å². The van der Waals surface area contributed by atoms with E-state index in [0.717, 1.165) is 32.7 Å². The summed E-state index contributed by atoms with van der Waals surface area (Å²) in [5, 5.41) is 0. The van der Waals surface area contributed by atoms with Gasteiger partial charge in [-0.05, 0) is 26.7 Å². The van der Waals surface area contributed by atoms with Crippen molar-refractivity contribution in [3.8, 4) is 0 Å². The van der Waals surface area contributed by atoms with Crippen molar-refractivity contribution in [1.29, 1.82) is 0 Å². The summed E-state index contributed by atoms with van der Waals surface area (Å²) >= 11 is 0. The quantitative estimate of drug-likeness (QED) is 0.299. The van der Waals surface area contributed by atoms with Gasteiger partial charge in [0.2, 0.25) is 0 Å². The lowest BCUT2D eigenvalue weighted by Gasteiger charge is -2.14. The van der Waals surface area contributed by atoms with Crippen LogP contribution in [0.25, 0.3) is 0 Å². The number of ether oxygens (including phenoxy) is 2. The highest BCUT2D eigenvalue weighted by Gasteiger charge is 2.21. The maximum absolute atomic E-state index is 5.58. The molecule has 0 aromatic rings. The van der Waals surface area contributed by atoms with Gasteiger partial charge >= 0.3 is 9.53 Å². The van der Waals surface area contributed by atoms with Gasteiger partial charge in [0.15, 0.2) is 0 Å². The van der Waals surface area contributed by atoms with E-state index in [-0.39, 0.29) is 0 Å². The van der Waals surface area contributed by atoms with Crippen LogP contribution in [0.5, 0.6) is 0 Å². The van der Waals surface area contributed by atoms with Gasteiger partial charge in [-0.25, -0.2) is 0 Å². The lowest BCUT2D eigenvalue weighted by molar-refractivity contribution is 0.0885. The largest absolute Gasteiger partial charge is 0.484 e. The number of hydrogen-bond donors (Lipinski definition) is 0. The first-order valence-electron chi connectivity index (χ1n) is 6.41. The van der Waals surface area contributed by atoms with Crippen LogP contribution in [0, 0.1) is 0 Å². The lowest BCUT2D eigenvalue weighted by atomic mass is 10.3. The zero-order chi connectivity index (χ0) is 12.3. The molecule has 0 spiro atoms. The molecule has 1 aliphatic heterocycles. The van der Waals surface area contributed by atoms with Gasteiger partial charge in [-0.3, -0.25) is 0 Å². The summed E-state index contributed by atoms with van der Waals surface area (Å²) in [7, 11) is -1.86. The summed E-state index contributed by atoms with van der Waals surface area (Å²) in [5.74, 6) is 0. The molecule has 102 valence electrons. The normalized spacial score (nSPS) is 18.9. The van der Waals surface area contributed by atoms with Gasteiger partial charge in [-0.15, -0.1) is 0 Å². The molecule has 6 heteroatoms. The van der Waals surface area contributed by atoms with E-state index in [1.54, 1.807) is 0 Å². The van der Waals surface area contributed by atoms with Crippen molar-refractivity contribution in [2.24, 2.45) is 0 Å². The summed E-state index contributed by atoms with van der Waals surface area (Å²) in [6.45, 7) is 8.28. The molecule has 0 radical (unpaired) electrons. The second-order valence-electron chi connectivity index (χ2n) is 3.81. The minimum atomic E-state index is -1.86. The molecule has 1 atom stereocenters. The Balaban J connectivity index is 1.82. The zero-order valence-corrected chi connectivity index (χ0v) is 12.0. The molecular formula is C11H24O5Si. The van der Waals surface area contributed by atoms with Gasteiger partial charge in [-0.2, -0.15) is 0 Å². The molecule has 0 amide bonds. The van der Waals surface area contributed by atoms with Gasteiger partial charge in [0, 0.05) is 26.4 Å². The van der Waals surface area contributed by atoms with Crippen LogP contribution in [0.1, 0.15) is 26.7 Å². The number of unbranched alkanes of at least 4 members (excludes halogenated alkanes) is 1. The predicted octanol–water partition coefficient (Wildman–Crippen LogP) is 0.989. The first-order chi connectivity index (χ1) is 8.36. The Morgan fingerprint density at radius 1 is 1.06 bits per heavy atom. The summed E-state index contributed by atoms with van der Waals surface area (Å²) in [6.07, 6.45) is 2.35. The number of epoxide rings is 1. The first-order valence-corrected chi connectivity index (χ1v) is 7.82. The highest BCUT2D eigenvalue weighted by molar-refractivity contribution is 6.36. The van der Waals surface area contributed by atoms with E-state index >= 15 is 0 Å². The molecule has 0 aromatic carbocycles. The molecule has 0 aromatic heterocycles. The van der Waals surface area contributed by atoms with Gasteiger partial charge in [-0.1, -0.05) is 0 Å². The van der Waals surface area contributed by atoms with Gasteiger partial charge in [0.1, 0.15) is 6.10 Å². The summed E-state index contributed by atoms with van der Waals surface area (Å²) in [4.78, 5) is 0. The summed E-state index contributed by atoms with van der Waals surface area (Å²) in [5.41, 5.74) is 0. The fourth-order valence-corrected chi connectivity index (χ4v) is 2.47.